The van der Waals surface area contributed by atoms with E-state index in [-0.39, 0.29) is 0 Å². The molecule has 1 fully saturated rings. The molecule has 1 N–H and O–H groups in total. The number of hydrogen-bond donors (Lipinski definition) is 1. The van der Waals surface area contributed by atoms with Gasteiger partial charge in [0.05, 0.1) is 0 Å². The molecule has 1 aromatic rings. The van der Waals surface area contributed by atoms with E-state index in [0.717, 1.165) is 12.0 Å². The smallest absolute Gasteiger partial charge is 0.346 e. The molecular weight excluding hydrogens is 208 g/mol. The molecule has 3 heteroatoms. The van der Waals surface area contributed by atoms with Gasteiger partial charge >= 0.3 is 5.97 Å². The van der Waals surface area contributed by atoms with Crippen molar-refractivity contribution in [2.75, 3.05) is 0 Å². The van der Waals surface area contributed by atoms with Crippen molar-refractivity contribution in [3.05, 3.63) is 20.9 Å². The Hall–Kier alpha value is -0.830. The summed E-state index contributed by atoms with van der Waals surface area (Å²) in [6.45, 7) is 6.65. The molecule has 2 unspecified atom stereocenters. The third-order valence-electron chi connectivity index (χ3n) is 4.21. The monoisotopic (exact) mass is 222 g/mol. The molecule has 1 aromatic heterocycles. The fourth-order valence-corrected chi connectivity index (χ4v) is 4.37. The lowest BCUT2D eigenvalue weighted by Crippen LogP contribution is -2.03. The van der Waals surface area contributed by atoms with Crippen LogP contribution in [0.15, 0.2) is 0 Å². The van der Waals surface area contributed by atoms with Gasteiger partial charge in [0, 0.05) is 4.88 Å². The molecule has 2 atom stereocenters. The second kappa shape index (κ2) is 2.46. The Balaban J connectivity index is 2.14. The van der Waals surface area contributed by atoms with Crippen LogP contribution < -0.4 is 0 Å². The van der Waals surface area contributed by atoms with Gasteiger partial charge in [0.15, 0.2) is 0 Å². The van der Waals surface area contributed by atoms with Crippen LogP contribution >= 0.6 is 11.3 Å². The van der Waals surface area contributed by atoms with Gasteiger partial charge < -0.3 is 5.11 Å². The predicted molar refractivity (Wildman–Crippen MR) is 59.7 cm³/mol. The van der Waals surface area contributed by atoms with Gasteiger partial charge in [-0.25, -0.2) is 4.79 Å². The Morgan fingerprint density at radius 1 is 1.53 bits per heavy atom. The number of rotatable bonds is 1. The van der Waals surface area contributed by atoms with Crippen LogP contribution in [0.25, 0.3) is 0 Å². The summed E-state index contributed by atoms with van der Waals surface area (Å²) in [6, 6.07) is 0. The first-order valence-corrected chi connectivity index (χ1v) is 6.11. The summed E-state index contributed by atoms with van der Waals surface area (Å²) in [5.74, 6) is 0.591. The molecule has 15 heavy (non-hydrogen) atoms. The molecule has 0 aliphatic heterocycles. The topological polar surface area (TPSA) is 37.3 Å². The number of carbonyl (C=O) groups is 1. The van der Waals surface area contributed by atoms with Gasteiger partial charge in [-0.3, -0.25) is 0 Å². The van der Waals surface area contributed by atoms with Crippen LogP contribution in [-0.4, -0.2) is 11.1 Å². The highest BCUT2D eigenvalue weighted by atomic mass is 32.1. The van der Waals surface area contributed by atoms with Gasteiger partial charge in [-0.05, 0) is 41.7 Å². The normalized spacial score (nSPS) is 29.8. The maximum atomic E-state index is 11.1. The number of aryl methyl sites for hydroxylation is 1. The zero-order valence-corrected chi connectivity index (χ0v) is 9.94. The second-order valence-corrected chi connectivity index (χ2v) is 6.52. The molecule has 2 aliphatic carbocycles. The summed E-state index contributed by atoms with van der Waals surface area (Å²) < 4.78 is 0. The molecule has 1 saturated carbocycles. The van der Waals surface area contributed by atoms with Crippen LogP contribution in [0.5, 0.6) is 0 Å². The zero-order chi connectivity index (χ0) is 11.0. The Bertz CT molecular complexity index is 470. The van der Waals surface area contributed by atoms with Crippen molar-refractivity contribution in [2.45, 2.75) is 33.1 Å². The third-order valence-corrected chi connectivity index (χ3v) is 5.36. The molecule has 0 spiro atoms. The van der Waals surface area contributed by atoms with Crippen molar-refractivity contribution in [1.29, 1.82) is 0 Å². The molecule has 0 aromatic carbocycles. The van der Waals surface area contributed by atoms with Crippen molar-refractivity contribution in [2.24, 2.45) is 11.3 Å². The average Bonchev–Trinajstić information content (AvgIpc) is 2.54. The van der Waals surface area contributed by atoms with Crippen LogP contribution in [0.3, 0.4) is 0 Å². The van der Waals surface area contributed by atoms with Gasteiger partial charge in [0.2, 0.25) is 0 Å². The van der Waals surface area contributed by atoms with Crippen molar-refractivity contribution >= 4 is 17.3 Å². The van der Waals surface area contributed by atoms with E-state index in [1.165, 1.54) is 21.8 Å². The number of fused-ring (bicyclic) bond motifs is 3. The van der Waals surface area contributed by atoms with Crippen molar-refractivity contribution in [1.82, 2.24) is 0 Å². The Kier molecular flexibility index (Phi) is 1.54. The number of aromatic carboxylic acids is 1. The molecule has 3 rings (SSSR count). The fourth-order valence-electron chi connectivity index (χ4n) is 3.30. The molecule has 1 heterocycles. The van der Waals surface area contributed by atoms with Crippen LogP contribution in [0.2, 0.25) is 0 Å². The van der Waals surface area contributed by atoms with Crippen LogP contribution in [0, 0.1) is 18.3 Å². The highest BCUT2D eigenvalue weighted by molar-refractivity contribution is 7.14. The van der Waals surface area contributed by atoms with Gasteiger partial charge in [-0.15, -0.1) is 11.3 Å². The Morgan fingerprint density at radius 2 is 2.20 bits per heavy atom. The highest BCUT2D eigenvalue weighted by Gasteiger charge is 2.63. The van der Waals surface area contributed by atoms with E-state index in [1.807, 2.05) is 0 Å². The largest absolute Gasteiger partial charge is 0.477 e. The minimum absolute atomic E-state index is 0.411. The maximum Gasteiger partial charge on any atom is 0.346 e. The summed E-state index contributed by atoms with van der Waals surface area (Å²) in [6.07, 6.45) is 0.985. The minimum atomic E-state index is -0.747. The van der Waals surface area contributed by atoms with E-state index >= 15 is 0 Å². The van der Waals surface area contributed by atoms with Crippen molar-refractivity contribution in [3.8, 4) is 0 Å². The summed E-state index contributed by atoms with van der Waals surface area (Å²) in [5.41, 5.74) is 2.92. The van der Waals surface area contributed by atoms with Gasteiger partial charge in [-0.1, -0.05) is 13.8 Å². The Labute approximate surface area is 92.9 Å². The van der Waals surface area contributed by atoms with Crippen LogP contribution in [-0.2, 0) is 6.42 Å². The number of carboxylic acid groups (broad SMARTS) is 1. The SMILES string of the molecule is Cc1sc(C(=O)O)c2c1C1C(C2)C1(C)C. The lowest BCUT2D eigenvalue weighted by Gasteiger charge is -2.08. The molecule has 0 radical (unpaired) electrons. The average molecular weight is 222 g/mol. The third kappa shape index (κ3) is 0.969. The number of thiophene rings is 1. The van der Waals surface area contributed by atoms with E-state index < -0.39 is 5.97 Å². The first-order chi connectivity index (χ1) is 6.94. The maximum absolute atomic E-state index is 11.1. The van der Waals surface area contributed by atoms with E-state index in [1.54, 1.807) is 0 Å². The molecular formula is C12H14O2S. The lowest BCUT2D eigenvalue weighted by atomic mass is 9.95. The Morgan fingerprint density at radius 3 is 2.80 bits per heavy atom. The molecule has 2 aliphatic rings. The molecule has 2 nitrogen and oxygen atoms in total. The molecule has 0 bridgehead atoms. The van der Waals surface area contributed by atoms with Gasteiger partial charge in [-0.2, -0.15) is 0 Å². The summed E-state index contributed by atoms with van der Waals surface area (Å²) in [7, 11) is 0. The molecule has 0 saturated heterocycles. The summed E-state index contributed by atoms with van der Waals surface area (Å²) in [4.78, 5) is 12.9. The highest BCUT2D eigenvalue weighted by Crippen LogP contribution is 2.71. The number of hydrogen-bond acceptors (Lipinski definition) is 2. The second-order valence-electron chi connectivity index (χ2n) is 5.29. The zero-order valence-electron chi connectivity index (χ0n) is 9.13. The van der Waals surface area contributed by atoms with Crippen LogP contribution in [0.4, 0.5) is 0 Å². The number of carboxylic acids is 1. The van der Waals surface area contributed by atoms with Crippen molar-refractivity contribution in [3.63, 3.8) is 0 Å². The molecule has 80 valence electrons. The lowest BCUT2D eigenvalue weighted by molar-refractivity contribution is 0.0701. The minimum Gasteiger partial charge on any atom is -0.477 e. The fraction of sp³-hybridized carbons (Fsp3) is 0.583. The van der Waals surface area contributed by atoms with E-state index in [9.17, 15) is 4.79 Å². The van der Waals surface area contributed by atoms with Crippen LogP contribution in [0.1, 0.15) is 45.4 Å². The van der Waals surface area contributed by atoms with Gasteiger partial charge in [0.25, 0.3) is 0 Å². The summed E-state index contributed by atoms with van der Waals surface area (Å²) in [5, 5.41) is 9.10. The predicted octanol–water partition coefficient (Wildman–Crippen LogP) is 3.05. The van der Waals surface area contributed by atoms with E-state index in [2.05, 4.69) is 20.8 Å². The van der Waals surface area contributed by atoms with E-state index in [4.69, 9.17) is 5.11 Å². The summed E-state index contributed by atoms with van der Waals surface area (Å²) >= 11 is 1.46. The first-order valence-electron chi connectivity index (χ1n) is 5.30. The molecule has 0 amide bonds. The van der Waals surface area contributed by atoms with Gasteiger partial charge in [0.1, 0.15) is 4.88 Å². The first kappa shape index (κ1) is 9.40. The standard InChI is InChI=1S/C12H14O2S/c1-5-8-6(10(15-5)11(13)14)4-7-9(8)12(7,2)3/h7,9H,4H2,1-3H3,(H,13,14). The quantitative estimate of drug-likeness (QED) is 0.793. The van der Waals surface area contributed by atoms with E-state index in [0.29, 0.717) is 22.1 Å². The van der Waals surface area contributed by atoms with Crippen molar-refractivity contribution < 1.29 is 9.90 Å².